The summed E-state index contributed by atoms with van der Waals surface area (Å²) in [5.74, 6) is 0. The van der Waals surface area contributed by atoms with Crippen molar-refractivity contribution in [2.45, 2.75) is 0 Å². The van der Waals surface area contributed by atoms with Gasteiger partial charge >= 0.3 is 0 Å². The quantitative estimate of drug-likeness (QED) is 0.346. The first-order valence-corrected chi connectivity index (χ1v) is 12.0. The van der Waals surface area contributed by atoms with Gasteiger partial charge in [-0.25, -0.2) is 0 Å². The lowest BCUT2D eigenvalue weighted by Crippen LogP contribution is -2.59. The van der Waals surface area contributed by atoms with Gasteiger partial charge in [-0.3, -0.25) is 4.98 Å². The summed E-state index contributed by atoms with van der Waals surface area (Å²) >= 11 is 0. The van der Waals surface area contributed by atoms with Gasteiger partial charge in [-0.1, -0.05) is 84.9 Å². The van der Waals surface area contributed by atoms with E-state index in [2.05, 4.69) is 107 Å². The summed E-state index contributed by atoms with van der Waals surface area (Å²) in [6.45, 7) is 0. The molecule has 0 saturated heterocycles. The lowest BCUT2D eigenvalue weighted by atomic mass is 9.96. The molecule has 3 heteroatoms. The highest BCUT2D eigenvalue weighted by Gasteiger charge is 2.40. The highest BCUT2D eigenvalue weighted by atomic mass is 28.3. The van der Waals surface area contributed by atoms with E-state index in [0.717, 1.165) is 0 Å². The molecule has 0 aliphatic carbocycles. The molecule has 0 fully saturated rings. The minimum absolute atomic E-state index is 1.24. The number of fused-ring (bicyclic) bond motifs is 13. The van der Waals surface area contributed by atoms with E-state index in [1.165, 1.54) is 54.8 Å². The minimum atomic E-state index is -1.72. The largest absolute Gasteiger partial charge is 0.360 e. The van der Waals surface area contributed by atoms with Crippen molar-refractivity contribution >= 4 is 41.5 Å². The average molecular weight is 399 g/mol. The molecule has 0 saturated carbocycles. The van der Waals surface area contributed by atoms with Gasteiger partial charge in [-0.05, 0) is 33.0 Å². The van der Waals surface area contributed by atoms with E-state index in [4.69, 9.17) is 0 Å². The molecule has 0 bridgehead atoms. The van der Waals surface area contributed by atoms with Crippen LogP contribution in [-0.4, -0.2) is 13.9 Å². The van der Waals surface area contributed by atoms with Gasteiger partial charge in [-0.2, -0.15) is 0 Å². The van der Waals surface area contributed by atoms with E-state index >= 15 is 0 Å². The molecule has 0 radical (unpaired) electrons. The zero-order valence-electron chi connectivity index (χ0n) is 16.3. The molecule has 5 aromatic rings. The summed E-state index contributed by atoms with van der Waals surface area (Å²) in [7, 11) is -1.72. The second-order valence-corrected chi connectivity index (χ2v) is 10.6. The van der Waals surface area contributed by atoms with Crippen molar-refractivity contribution in [2.24, 2.45) is 0 Å². The van der Waals surface area contributed by atoms with Crippen LogP contribution in [0.25, 0.3) is 33.0 Å². The van der Waals surface area contributed by atoms with Crippen LogP contribution in [0.15, 0.2) is 103 Å². The summed E-state index contributed by atoms with van der Waals surface area (Å²) in [5, 5.41) is 5.58. The molecule has 2 nitrogen and oxygen atoms in total. The Hall–Kier alpha value is -3.69. The topological polar surface area (TPSA) is 16.1 Å². The van der Waals surface area contributed by atoms with Gasteiger partial charge in [0.05, 0.1) is 11.9 Å². The van der Waals surface area contributed by atoms with E-state index in [0.29, 0.717) is 0 Å². The fraction of sp³-hybridized carbons (Fsp3) is 0. The van der Waals surface area contributed by atoms with Crippen molar-refractivity contribution in [3.8, 4) is 22.3 Å². The molecule has 0 N–H and O–H groups in total. The van der Waals surface area contributed by atoms with Crippen molar-refractivity contribution in [3.63, 3.8) is 0 Å². The van der Waals surface area contributed by atoms with Crippen LogP contribution in [0.5, 0.6) is 0 Å². The summed E-state index contributed by atoms with van der Waals surface area (Å²) in [6, 6.07) is 33.5. The average Bonchev–Trinajstić information content (AvgIpc) is 2.83. The number of aromatic nitrogens is 1. The van der Waals surface area contributed by atoms with Gasteiger partial charge in [0.1, 0.15) is 0 Å². The Balaban J connectivity index is 1.69. The molecule has 1 unspecified atom stereocenters. The zero-order valence-corrected chi connectivity index (χ0v) is 17.4. The van der Waals surface area contributed by atoms with Crippen LogP contribution in [0.3, 0.4) is 0 Å². The molecule has 0 spiro atoms. The molecule has 1 aromatic heterocycles. The summed E-state index contributed by atoms with van der Waals surface area (Å²) in [5.41, 5.74) is 7.92. The molecule has 4 aromatic carbocycles. The Morgan fingerprint density at radius 2 is 1.30 bits per heavy atom. The van der Waals surface area contributed by atoms with Crippen molar-refractivity contribution in [2.75, 3.05) is 4.57 Å². The summed E-state index contributed by atoms with van der Waals surface area (Å²) in [6.07, 6.45) is 3.98. The monoisotopic (exact) mass is 398 g/mol. The third kappa shape index (κ3) is 2.00. The maximum atomic E-state index is 4.55. The number of anilines is 2. The number of nitrogens with zero attached hydrogens (tertiary/aromatic N) is 2. The van der Waals surface area contributed by atoms with E-state index in [1.54, 1.807) is 0 Å². The molecule has 30 heavy (non-hydrogen) atoms. The molecule has 2 aliphatic heterocycles. The fourth-order valence-corrected chi connectivity index (χ4v) is 8.92. The van der Waals surface area contributed by atoms with Crippen molar-refractivity contribution in [3.05, 3.63) is 103 Å². The van der Waals surface area contributed by atoms with Crippen LogP contribution < -0.4 is 14.9 Å². The Morgan fingerprint density at radius 1 is 0.600 bits per heavy atom. The SMILES string of the molecule is c1ccc2c(c1)-c1ccncc1N1c3c(ccc4ccccc34)-c3ccccc3[SiH]21. The molecular formula is C27H18N2Si. The first-order chi connectivity index (χ1) is 14.9. The molecule has 1 atom stereocenters. The third-order valence-corrected chi connectivity index (χ3v) is 9.79. The molecule has 140 valence electrons. The second kappa shape index (κ2) is 5.91. The Kier molecular flexibility index (Phi) is 3.18. The standard InChI is InChI=1S/C27H18N2Si/c1-2-8-19-18(7-1)13-14-23-22-10-4-6-12-26(22)30-25-11-5-3-9-21(25)20-15-16-28-17-24(20)29(30)27(19)23/h1-17,30H. The maximum Gasteiger partial charge on any atom is 0.210 e. The van der Waals surface area contributed by atoms with E-state index in [9.17, 15) is 0 Å². The van der Waals surface area contributed by atoms with E-state index in [-0.39, 0.29) is 0 Å². The van der Waals surface area contributed by atoms with Crippen LogP contribution in [-0.2, 0) is 0 Å². The Bertz CT molecular complexity index is 1470. The molecule has 0 amide bonds. The molecule has 2 aliphatic rings. The molecule has 7 rings (SSSR count). The highest BCUT2D eigenvalue weighted by molar-refractivity contribution is 6.92. The van der Waals surface area contributed by atoms with E-state index < -0.39 is 8.96 Å². The van der Waals surface area contributed by atoms with Gasteiger partial charge in [0.2, 0.25) is 8.96 Å². The Morgan fingerprint density at radius 3 is 2.13 bits per heavy atom. The van der Waals surface area contributed by atoms with Crippen molar-refractivity contribution in [1.29, 1.82) is 0 Å². The predicted octanol–water partition coefficient (Wildman–Crippen LogP) is 4.87. The number of benzene rings is 4. The number of pyridine rings is 1. The first-order valence-electron chi connectivity index (χ1n) is 10.4. The predicted molar refractivity (Wildman–Crippen MR) is 128 cm³/mol. The van der Waals surface area contributed by atoms with Gasteiger partial charge in [0.15, 0.2) is 0 Å². The second-order valence-electron chi connectivity index (χ2n) is 8.02. The van der Waals surface area contributed by atoms with Crippen molar-refractivity contribution in [1.82, 2.24) is 4.98 Å². The van der Waals surface area contributed by atoms with Crippen LogP contribution in [0.4, 0.5) is 11.4 Å². The molecule has 3 heterocycles. The fourth-order valence-electron chi connectivity index (χ4n) is 5.33. The third-order valence-electron chi connectivity index (χ3n) is 6.55. The normalized spacial score (nSPS) is 15.6. The van der Waals surface area contributed by atoms with Crippen LogP contribution in [0, 0.1) is 0 Å². The first kappa shape index (κ1) is 16.1. The van der Waals surface area contributed by atoms with Crippen LogP contribution in [0.2, 0.25) is 0 Å². The van der Waals surface area contributed by atoms with Crippen LogP contribution in [0.1, 0.15) is 0 Å². The van der Waals surface area contributed by atoms with Gasteiger partial charge in [-0.15, -0.1) is 0 Å². The summed E-state index contributed by atoms with van der Waals surface area (Å²) < 4.78 is 2.66. The van der Waals surface area contributed by atoms with Gasteiger partial charge in [0.25, 0.3) is 0 Å². The Labute approximate surface area is 176 Å². The van der Waals surface area contributed by atoms with E-state index in [1.807, 2.05) is 6.20 Å². The lowest BCUT2D eigenvalue weighted by molar-refractivity contribution is 1.27. The number of hydrogen-bond donors (Lipinski definition) is 0. The summed E-state index contributed by atoms with van der Waals surface area (Å²) in [4.78, 5) is 4.55. The van der Waals surface area contributed by atoms with Gasteiger partial charge in [0, 0.05) is 28.4 Å². The van der Waals surface area contributed by atoms with Gasteiger partial charge < -0.3 is 4.57 Å². The molecular weight excluding hydrogens is 380 g/mol. The number of rotatable bonds is 0. The zero-order chi connectivity index (χ0) is 19.7. The maximum absolute atomic E-state index is 4.55. The highest BCUT2D eigenvalue weighted by Crippen LogP contribution is 2.48. The minimum Gasteiger partial charge on any atom is -0.360 e. The van der Waals surface area contributed by atoms with Crippen LogP contribution >= 0.6 is 0 Å². The van der Waals surface area contributed by atoms with Crippen molar-refractivity contribution < 1.29 is 0 Å². The lowest BCUT2D eigenvalue weighted by Gasteiger charge is -2.44. The number of hydrogen-bond acceptors (Lipinski definition) is 2. The smallest absolute Gasteiger partial charge is 0.210 e.